The molecular weight excluding hydrogens is 290 g/mol. The first kappa shape index (κ1) is 15.7. The van der Waals surface area contributed by atoms with Crippen LogP contribution in [0.1, 0.15) is 44.0 Å². The average molecular weight is 313 g/mol. The molecule has 1 saturated heterocycles. The van der Waals surface area contributed by atoms with Crippen LogP contribution in [0.2, 0.25) is 0 Å². The average Bonchev–Trinajstić information content (AvgIpc) is 3.17. The van der Waals surface area contributed by atoms with Gasteiger partial charge in [0, 0.05) is 12.5 Å². The van der Waals surface area contributed by atoms with Crippen molar-refractivity contribution in [1.29, 1.82) is 0 Å². The Kier molecular flexibility index (Phi) is 4.71. The molecule has 1 unspecified atom stereocenters. The van der Waals surface area contributed by atoms with Crippen molar-refractivity contribution in [3.8, 4) is 0 Å². The molecule has 3 rings (SSSR count). The van der Waals surface area contributed by atoms with Crippen molar-refractivity contribution in [2.24, 2.45) is 0 Å². The zero-order valence-corrected chi connectivity index (χ0v) is 13.6. The van der Waals surface area contributed by atoms with E-state index in [4.69, 9.17) is 0 Å². The Morgan fingerprint density at radius 1 is 1.39 bits per heavy atom. The second-order valence-corrected chi connectivity index (χ2v) is 6.30. The number of carbonyl (C=O) groups is 1. The molecule has 6 heteroatoms. The molecule has 1 amide bonds. The van der Waals surface area contributed by atoms with E-state index < -0.39 is 0 Å². The summed E-state index contributed by atoms with van der Waals surface area (Å²) in [5.74, 6) is 1.39. The minimum Gasteiger partial charge on any atom is -0.292 e. The summed E-state index contributed by atoms with van der Waals surface area (Å²) in [6.45, 7) is 5.80. The van der Waals surface area contributed by atoms with Crippen LogP contribution in [0.4, 0.5) is 5.95 Å². The first-order valence-electron chi connectivity index (χ1n) is 8.14. The van der Waals surface area contributed by atoms with Crippen LogP contribution in [-0.4, -0.2) is 38.6 Å². The van der Waals surface area contributed by atoms with Crippen molar-refractivity contribution < 1.29 is 4.79 Å². The predicted octanol–water partition coefficient (Wildman–Crippen LogP) is 2.53. The summed E-state index contributed by atoms with van der Waals surface area (Å²) in [6.07, 6.45) is 1.91. The van der Waals surface area contributed by atoms with Gasteiger partial charge in [0.25, 0.3) is 0 Å². The Labute approximate surface area is 136 Å². The molecule has 1 atom stereocenters. The molecule has 2 N–H and O–H groups in total. The van der Waals surface area contributed by atoms with Gasteiger partial charge in [0.2, 0.25) is 11.9 Å². The number of hydrogen-bond acceptors (Lipinski definition) is 4. The molecule has 122 valence electrons. The van der Waals surface area contributed by atoms with Gasteiger partial charge in [-0.1, -0.05) is 44.2 Å². The topological polar surface area (TPSA) is 73.9 Å². The van der Waals surface area contributed by atoms with Gasteiger partial charge in [0.15, 0.2) is 0 Å². The number of aromatic nitrogens is 3. The van der Waals surface area contributed by atoms with Crippen molar-refractivity contribution in [2.75, 3.05) is 11.9 Å². The Morgan fingerprint density at radius 2 is 2.17 bits per heavy atom. The Hall–Kier alpha value is -2.21. The van der Waals surface area contributed by atoms with Gasteiger partial charge in [-0.05, 0) is 24.9 Å². The number of aromatic amines is 1. The highest BCUT2D eigenvalue weighted by Crippen LogP contribution is 2.21. The van der Waals surface area contributed by atoms with Gasteiger partial charge in [-0.2, -0.15) is 4.98 Å². The maximum Gasteiger partial charge on any atom is 0.248 e. The molecule has 1 aliphatic rings. The lowest BCUT2D eigenvalue weighted by Crippen LogP contribution is -2.39. The van der Waals surface area contributed by atoms with Crippen LogP contribution < -0.4 is 5.32 Å². The lowest BCUT2D eigenvalue weighted by atomic mass is 10.1. The molecule has 2 heterocycles. The van der Waals surface area contributed by atoms with Crippen LogP contribution >= 0.6 is 0 Å². The maximum atomic E-state index is 12.5. The Bertz CT molecular complexity index is 652. The number of rotatable bonds is 5. The van der Waals surface area contributed by atoms with Crippen LogP contribution in [-0.2, 0) is 11.3 Å². The highest BCUT2D eigenvalue weighted by atomic mass is 16.2. The summed E-state index contributed by atoms with van der Waals surface area (Å²) >= 11 is 0. The molecule has 1 aliphatic heterocycles. The second-order valence-electron chi connectivity index (χ2n) is 6.30. The summed E-state index contributed by atoms with van der Waals surface area (Å²) in [7, 11) is 0. The monoisotopic (exact) mass is 313 g/mol. The number of amides is 1. The number of anilines is 1. The third-order valence-corrected chi connectivity index (χ3v) is 4.18. The zero-order valence-electron chi connectivity index (χ0n) is 13.6. The van der Waals surface area contributed by atoms with Crippen molar-refractivity contribution in [1.82, 2.24) is 20.1 Å². The molecule has 0 spiro atoms. The van der Waals surface area contributed by atoms with E-state index in [-0.39, 0.29) is 17.9 Å². The van der Waals surface area contributed by atoms with Crippen LogP contribution in [0.15, 0.2) is 30.3 Å². The fourth-order valence-electron chi connectivity index (χ4n) is 2.91. The van der Waals surface area contributed by atoms with Gasteiger partial charge in [-0.3, -0.25) is 20.1 Å². The van der Waals surface area contributed by atoms with Crippen molar-refractivity contribution in [3.63, 3.8) is 0 Å². The minimum absolute atomic E-state index is 0.0206. The number of nitrogens with zero attached hydrogens (tertiary/aromatic N) is 3. The Morgan fingerprint density at radius 3 is 2.87 bits per heavy atom. The van der Waals surface area contributed by atoms with E-state index in [0.717, 1.165) is 31.8 Å². The van der Waals surface area contributed by atoms with E-state index in [9.17, 15) is 4.79 Å². The van der Waals surface area contributed by atoms with Gasteiger partial charge >= 0.3 is 0 Å². The molecule has 6 nitrogen and oxygen atoms in total. The first-order chi connectivity index (χ1) is 11.1. The molecule has 1 aromatic heterocycles. The summed E-state index contributed by atoms with van der Waals surface area (Å²) in [4.78, 5) is 19.1. The van der Waals surface area contributed by atoms with E-state index in [0.29, 0.717) is 5.95 Å². The number of hydrogen-bond donors (Lipinski definition) is 2. The lowest BCUT2D eigenvalue weighted by Gasteiger charge is -2.23. The molecule has 0 bridgehead atoms. The van der Waals surface area contributed by atoms with Crippen molar-refractivity contribution in [2.45, 2.75) is 45.2 Å². The van der Waals surface area contributed by atoms with Crippen molar-refractivity contribution in [3.05, 3.63) is 41.7 Å². The largest absolute Gasteiger partial charge is 0.292 e. The van der Waals surface area contributed by atoms with Crippen LogP contribution in [0.25, 0.3) is 0 Å². The Balaban J connectivity index is 1.63. The normalized spacial score (nSPS) is 18.5. The fraction of sp³-hybridized carbons (Fsp3) is 0.471. The fourth-order valence-corrected chi connectivity index (χ4v) is 2.91. The van der Waals surface area contributed by atoms with E-state index >= 15 is 0 Å². The second kappa shape index (κ2) is 6.91. The smallest absolute Gasteiger partial charge is 0.248 e. The number of likely N-dealkylation sites (tertiary alicyclic amines) is 1. The highest BCUT2D eigenvalue weighted by Gasteiger charge is 2.31. The van der Waals surface area contributed by atoms with Crippen LogP contribution in [0.3, 0.4) is 0 Å². The first-order valence-corrected chi connectivity index (χ1v) is 8.14. The number of carbonyl (C=O) groups excluding carboxylic acids is 1. The molecule has 0 aliphatic carbocycles. The number of benzene rings is 1. The quantitative estimate of drug-likeness (QED) is 0.889. The number of H-pyrrole nitrogens is 1. The molecule has 1 fully saturated rings. The molecule has 1 aromatic carbocycles. The SMILES string of the molecule is CC(C)c1nc(NC(=O)C2CCCN2Cc2ccccc2)n[nH]1. The molecule has 23 heavy (non-hydrogen) atoms. The van der Waals surface area contributed by atoms with Gasteiger partial charge in [0.1, 0.15) is 5.82 Å². The van der Waals surface area contributed by atoms with Crippen LogP contribution in [0, 0.1) is 0 Å². The van der Waals surface area contributed by atoms with E-state index in [1.807, 2.05) is 32.0 Å². The van der Waals surface area contributed by atoms with Crippen molar-refractivity contribution >= 4 is 11.9 Å². The van der Waals surface area contributed by atoms with E-state index in [2.05, 4.69) is 37.5 Å². The standard InChI is InChI=1S/C17H23N5O/c1-12(2)15-18-17(21-20-15)19-16(23)14-9-6-10-22(14)11-13-7-4-3-5-8-13/h3-5,7-8,12,14H,6,9-11H2,1-2H3,(H2,18,19,20,21,23). The minimum atomic E-state index is -0.115. The molecule has 0 radical (unpaired) electrons. The zero-order chi connectivity index (χ0) is 16.2. The third kappa shape index (κ3) is 3.76. The summed E-state index contributed by atoms with van der Waals surface area (Å²) < 4.78 is 0. The summed E-state index contributed by atoms with van der Waals surface area (Å²) in [5, 5.41) is 9.77. The highest BCUT2D eigenvalue weighted by molar-refractivity contribution is 5.93. The predicted molar refractivity (Wildman–Crippen MR) is 89.0 cm³/mol. The maximum absolute atomic E-state index is 12.5. The van der Waals surface area contributed by atoms with Crippen LogP contribution in [0.5, 0.6) is 0 Å². The van der Waals surface area contributed by atoms with Gasteiger partial charge in [0.05, 0.1) is 6.04 Å². The summed E-state index contributed by atoms with van der Waals surface area (Å²) in [6, 6.07) is 10.1. The molecular formula is C17H23N5O. The van der Waals surface area contributed by atoms with E-state index in [1.54, 1.807) is 0 Å². The van der Waals surface area contributed by atoms with E-state index in [1.165, 1.54) is 5.56 Å². The van der Waals surface area contributed by atoms with Gasteiger partial charge < -0.3 is 0 Å². The van der Waals surface area contributed by atoms with Gasteiger partial charge in [-0.25, -0.2) is 0 Å². The number of nitrogens with one attached hydrogen (secondary N) is 2. The lowest BCUT2D eigenvalue weighted by molar-refractivity contribution is -0.120. The summed E-state index contributed by atoms with van der Waals surface area (Å²) in [5.41, 5.74) is 1.23. The van der Waals surface area contributed by atoms with Gasteiger partial charge in [-0.15, -0.1) is 5.10 Å². The third-order valence-electron chi connectivity index (χ3n) is 4.18. The molecule has 0 saturated carbocycles. The molecule has 2 aromatic rings.